The molecule has 1 aromatic rings. The van der Waals surface area contributed by atoms with E-state index in [0.717, 1.165) is 42.6 Å². The van der Waals surface area contributed by atoms with Crippen LogP contribution in [0.1, 0.15) is 91.8 Å². The maximum atomic E-state index is 12.2. The zero-order valence-electron chi connectivity index (χ0n) is 13.7. The molecule has 1 saturated carbocycles. The number of fused-ring (bicyclic) bond motifs is 3. The number of aromatic hydroxyl groups is 1. The van der Waals surface area contributed by atoms with Crippen molar-refractivity contribution in [1.29, 1.82) is 0 Å². The number of phenolic OH excluding ortho intramolecular Hbond substituents is 1. The van der Waals surface area contributed by atoms with Crippen LogP contribution in [0.4, 0.5) is 0 Å². The molecule has 22 heavy (non-hydrogen) atoms. The van der Waals surface area contributed by atoms with E-state index in [-0.39, 0.29) is 17.1 Å². The smallest absolute Gasteiger partial charge is 0.163 e. The molecule has 0 aromatic heterocycles. The molecule has 2 bridgehead atoms. The van der Waals surface area contributed by atoms with Gasteiger partial charge in [-0.3, -0.25) is 4.79 Å². The minimum absolute atomic E-state index is 0.0405. The highest BCUT2D eigenvalue weighted by Crippen LogP contribution is 2.58. The summed E-state index contributed by atoms with van der Waals surface area (Å²) in [6, 6.07) is 0. The quantitative estimate of drug-likeness (QED) is 0.779. The van der Waals surface area contributed by atoms with Gasteiger partial charge in [0.2, 0.25) is 0 Å². The topological polar surface area (TPSA) is 46.5 Å². The molecule has 0 unspecified atom stereocenters. The molecule has 3 nitrogen and oxygen atoms in total. The van der Waals surface area contributed by atoms with Crippen LogP contribution in [0.25, 0.3) is 0 Å². The average molecular weight is 300 g/mol. The van der Waals surface area contributed by atoms with E-state index in [1.54, 1.807) is 6.92 Å². The highest BCUT2D eigenvalue weighted by atomic mass is 16.5. The Balaban J connectivity index is 2.04. The summed E-state index contributed by atoms with van der Waals surface area (Å²) in [5.41, 5.74) is 3.55. The van der Waals surface area contributed by atoms with Crippen LogP contribution in [0.5, 0.6) is 11.5 Å². The van der Waals surface area contributed by atoms with Crippen molar-refractivity contribution in [3.05, 3.63) is 22.3 Å². The molecule has 118 valence electrons. The maximum Gasteiger partial charge on any atom is 0.163 e. The molecule has 1 aliphatic heterocycles. The summed E-state index contributed by atoms with van der Waals surface area (Å²) in [5.74, 6) is 2.05. The molecule has 3 aliphatic carbocycles. The van der Waals surface area contributed by atoms with Crippen LogP contribution in [0.2, 0.25) is 0 Å². The van der Waals surface area contributed by atoms with Gasteiger partial charge >= 0.3 is 0 Å². The first-order valence-corrected chi connectivity index (χ1v) is 8.50. The Labute approximate surface area is 131 Å². The standard InChI is InChI=1S/C19H24O3/c1-10(20)14-13-8-9-19(2,3)22-18(13)16-12-6-4-11(5-7-12)15(16)17(14)21/h11-12,21H,4-9H2,1-3H3. The summed E-state index contributed by atoms with van der Waals surface area (Å²) in [5, 5.41) is 10.8. The van der Waals surface area contributed by atoms with Crippen molar-refractivity contribution in [3.8, 4) is 11.5 Å². The summed E-state index contributed by atoms with van der Waals surface area (Å²) in [6.07, 6.45) is 6.33. The Morgan fingerprint density at radius 3 is 2.32 bits per heavy atom. The number of benzene rings is 1. The number of carbonyl (C=O) groups excluding carboxylic acids is 1. The first-order chi connectivity index (χ1) is 10.4. The fourth-order valence-electron chi connectivity index (χ4n) is 4.78. The number of phenols is 1. The van der Waals surface area contributed by atoms with Gasteiger partial charge in [0, 0.05) is 16.7 Å². The van der Waals surface area contributed by atoms with Crippen molar-refractivity contribution < 1.29 is 14.6 Å². The Hall–Kier alpha value is -1.51. The lowest BCUT2D eigenvalue weighted by Gasteiger charge is -2.44. The molecule has 1 heterocycles. The highest BCUT2D eigenvalue weighted by Gasteiger charge is 2.43. The summed E-state index contributed by atoms with van der Waals surface area (Å²) in [4.78, 5) is 12.2. The second-order valence-corrected chi connectivity index (χ2v) is 7.83. The lowest BCUT2D eigenvalue weighted by molar-refractivity contribution is 0.0793. The fraction of sp³-hybridized carbons (Fsp3) is 0.632. The largest absolute Gasteiger partial charge is 0.507 e. The lowest BCUT2D eigenvalue weighted by atomic mass is 9.64. The molecule has 1 fully saturated rings. The van der Waals surface area contributed by atoms with Crippen LogP contribution in [-0.2, 0) is 6.42 Å². The van der Waals surface area contributed by atoms with E-state index in [2.05, 4.69) is 13.8 Å². The zero-order chi connectivity index (χ0) is 15.6. The third kappa shape index (κ3) is 1.84. The van der Waals surface area contributed by atoms with E-state index in [1.165, 1.54) is 18.4 Å². The Kier molecular flexibility index (Phi) is 2.88. The van der Waals surface area contributed by atoms with Gasteiger partial charge < -0.3 is 9.84 Å². The van der Waals surface area contributed by atoms with Gasteiger partial charge in [-0.05, 0) is 71.1 Å². The van der Waals surface area contributed by atoms with Gasteiger partial charge in [0.25, 0.3) is 0 Å². The number of carbonyl (C=O) groups is 1. The van der Waals surface area contributed by atoms with Crippen LogP contribution >= 0.6 is 0 Å². The normalized spacial score (nSPS) is 27.8. The predicted molar refractivity (Wildman–Crippen MR) is 85.1 cm³/mol. The summed E-state index contributed by atoms with van der Waals surface area (Å²) >= 11 is 0. The molecular weight excluding hydrogens is 276 g/mol. The molecule has 5 rings (SSSR count). The second kappa shape index (κ2) is 4.50. The highest BCUT2D eigenvalue weighted by molar-refractivity contribution is 6.00. The minimum Gasteiger partial charge on any atom is -0.507 e. The molecule has 0 amide bonds. The first-order valence-electron chi connectivity index (χ1n) is 8.50. The third-order valence-corrected chi connectivity index (χ3v) is 5.85. The molecule has 1 aromatic carbocycles. The van der Waals surface area contributed by atoms with Crippen LogP contribution in [0.15, 0.2) is 0 Å². The van der Waals surface area contributed by atoms with Crippen molar-refractivity contribution in [2.75, 3.05) is 0 Å². The van der Waals surface area contributed by atoms with E-state index in [0.29, 0.717) is 17.4 Å². The number of ether oxygens (including phenoxy) is 1. The van der Waals surface area contributed by atoms with E-state index >= 15 is 0 Å². The molecule has 0 atom stereocenters. The van der Waals surface area contributed by atoms with Gasteiger partial charge in [-0.1, -0.05) is 0 Å². The Morgan fingerprint density at radius 2 is 1.73 bits per heavy atom. The van der Waals surface area contributed by atoms with Crippen molar-refractivity contribution in [2.24, 2.45) is 0 Å². The van der Waals surface area contributed by atoms with E-state index < -0.39 is 0 Å². The maximum absolute atomic E-state index is 12.2. The summed E-state index contributed by atoms with van der Waals surface area (Å²) in [6.45, 7) is 5.79. The zero-order valence-corrected chi connectivity index (χ0v) is 13.7. The van der Waals surface area contributed by atoms with Gasteiger partial charge in [0.1, 0.15) is 17.1 Å². The fourth-order valence-corrected chi connectivity index (χ4v) is 4.78. The molecule has 1 N–H and O–H groups in total. The Bertz CT molecular complexity index is 664. The minimum atomic E-state index is -0.192. The number of rotatable bonds is 1. The van der Waals surface area contributed by atoms with Crippen molar-refractivity contribution in [2.45, 2.75) is 76.7 Å². The van der Waals surface area contributed by atoms with Gasteiger partial charge in [-0.2, -0.15) is 0 Å². The number of ketones is 1. The van der Waals surface area contributed by atoms with E-state index in [9.17, 15) is 9.90 Å². The van der Waals surface area contributed by atoms with Gasteiger partial charge in [-0.15, -0.1) is 0 Å². The SMILES string of the molecule is CC(=O)c1c(O)c2c(c3c1CCC(C)(C)O3)C1CCC2CC1. The first kappa shape index (κ1) is 14.1. The second-order valence-electron chi connectivity index (χ2n) is 7.83. The molecule has 0 spiro atoms. The van der Waals surface area contributed by atoms with E-state index in [4.69, 9.17) is 4.74 Å². The molecular formula is C19H24O3. The van der Waals surface area contributed by atoms with Gasteiger partial charge in [-0.25, -0.2) is 0 Å². The van der Waals surface area contributed by atoms with Crippen LogP contribution in [-0.4, -0.2) is 16.5 Å². The summed E-state index contributed by atoms with van der Waals surface area (Å²) in [7, 11) is 0. The Morgan fingerprint density at radius 1 is 1.14 bits per heavy atom. The molecule has 4 aliphatic rings. The van der Waals surface area contributed by atoms with Crippen molar-refractivity contribution in [1.82, 2.24) is 0 Å². The predicted octanol–water partition coefficient (Wildman–Crippen LogP) is 4.45. The van der Waals surface area contributed by atoms with Crippen molar-refractivity contribution >= 4 is 5.78 Å². The number of hydrogen-bond acceptors (Lipinski definition) is 3. The lowest BCUT2D eigenvalue weighted by Crippen LogP contribution is -2.36. The monoisotopic (exact) mass is 300 g/mol. The van der Waals surface area contributed by atoms with Crippen LogP contribution in [0.3, 0.4) is 0 Å². The van der Waals surface area contributed by atoms with E-state index in [1.807, 2.05) is 0 Å². The average Bonchev–Trinajstić information content (AvgIpc) is 2.48. The number of hydrogen-bond donors (Lipinski definition) is 1. The molecule has 0 saturated heterocycles. The van der Waals surface area contributed by atoms with Crippen LogP contribution in [0, 0.1) is 0 Å². The van der Waals surface area contributed by atoms with Gasteiger partial charge in [0.15, 0.2) is 5.78 Å². The number of Topliss-reactive ketones (excluding diaryl/α,β-unsaturated/α-hetero) is 1. The van der Waals surface area contributed by atoms with Crippen LogP contribution < -0.4 is 4.74 Å². The molecule has 0 radical (unpaired) electrons. The third-order valence-electron chi connectivity index (χ3n) is 5.85. The molecule has 3 heteroatoms. The van der Waals surface area contributed by atoms with Gasteiger partial charge in [0.05, 0.1) is 5.56 Å². The van der Waals surface area contributed by atoms with Crippen molar-refractivity contribution in [3.63, 3.8) is 0 Å². The summed E-state index contributed by atoms with van der Waals surface area (Å²) < 4.78 is 6.35.